The maximum atomic E-state index is 5.95. The molecule has 3 aromatic rings. The fraction of sp³-hybridized carbons (Fsp3) is 0.211. The van der Waals surface area contributed by atoms with Gasteiger partial charge in [-0.2, -0.15) is 0 Å². The number of nitrogens with one attached hydrogen (secondary N) is 1. The number of hydrogen-bond donors (Lipinski definition) is 2. The second-order valence-corrected chi connectivity index (χ2v) is 6.01. The van der Waals surface area contributed by atoms with Gasteiger partial charge in [-0.3, -0.25) is 4.57 Å². The molecule has 0 aliphatic heterocycles. The predicted octanol–water partition coefficient (Wildman–Crippen LogP) is 3.60. The number of aromatic nitrogens is 3. The maximum absolute atomic E-state index is 5.95. The smallest absolute Gasteiger partial charge is 0.193 e. The minimum Gasteiger partial charge on any atom is -0.491 e. The molecule has 3 N–H and O–H groups in total. The van der Waals surface area contributed by atoms with Gasteiger partial charge in [0.15, 0.2) is 5.96 Å². The molecular formula is C19H23IN6O. The van der Waals surface area contributed by atoms with Crippen LogP contribution in [0.2, 0.25) is 0 Å². The van der Waals surface area contributed by atoms with Crippen LogP contribution in [0.15, 0.2) is 66.3 Å². The molecule has 1 aromatic carbocycles. The second-order valence-electron chi connectivity index (χ2n) is 6.01. The molecule has 8 heteroatoms. The van der Waals surface area contributed by atoms with Crippen LogP contribution in [-0.4, -0.2) is 26.6 Å². The molecule has 3 rings (SSSR count). The van der Waals surface area contributed by atoms with E-state index in [2.05, 4.69) is 20.3 Å². The lowest BCUT2D eigenvalue weighted by Crippen LogP contribution is -2.22. The van der Waals surface area contributed by atoms with Gasteiger partial charge in [0, 0.05) is 24.3 Å². The molecule has 0 radical (unpaired) electrons. The van der Waals surface area contributed by atoms with E-state index in [1.165, 1.54) is 0 Å². The SMILES string of the molecule is CC(C)Oc1ccc(NC(N)=NCc2ccc(-n3ccnc3)nc2)cc1.I. The molecule has 0 saturated carbocycles. The molecule has 27 heavy (non-hydrogen) atoms. The number of nitrogens with zero attached hydrogens (tertiary/aromatic N) is 4. The Bertz CT molecular complexity index is 845. The van der Waals surface area contributed by atoms with E-state index in [0.717, 1.165) is 22.8 Å². The van der Waals surface area contributed by atoms with Gasteiger partial charge in [-0.1, -0.05) is 6.07 Å². The number of halogens is 1. The lowest BCUT2D eigenvalue weighted by Gasteiger charge is -2.11. The first-order valence-corrected chi connectivity index (χ1v) is 8.37. The van der Waals surface area contributed by atoms with Crippen molar-refractivity contribution in [3.8, 4) is 11.6 Å². The van der Waals surface area contributed by atoms with Crippen LogP contribution in [0.1, 0.15) is 19.4 Å². The fourth-order valence-corrected chi connectivity index (χ4v) is 2.31. The molecule has 0 saturated heterocycles. The summed E-state index contributed by atoms with van der Waals surface area (Å²) in [7, 11) is 0. The zero-order valence-electron chi connectivity index (χ0n) is 15.2. The van der Waals surface area contributed by atoms with Crippen LogP contribution in [0.3, 0.4) is 0 Å². The molecule has 0 amide bonds. The Hall–Kier alpha value is -2.62. The fourth-order valence-electron chi connectivity index (χ4n) is 2.31. The van der Waals surface area contributed by atoms with Crippen molar-refractivity contribution in [3.05, 3.63) is 66.9 Å². The molecule has 2 aromatic heterocycles. The highest BCUT2D eigenvalue weighted by molar-refractivity contribution is 14.0. The number of pyridine rings is 1. The minimum absolute atomic E-state index is 0. The highest BCUT2D eigenvalue weighted by Gasteiger charge is 2.01. The molecular weight excluding hydrogens is 455 g/mol. The van der Waals surface area contributed by atoms with E-state index < -0.39 is 0 Å². The molecule has 2 heterocycles. The number of hydrogen-bond acceptors (Lipinski definition) is 4. The number of anilines is 1. The molecule has 0 atom stereocenters. The van der Waals surface area contributed by atoms with E-state index in [-0.39, 0.29) is 30.1 Å². The van der Waals surface area contributed by atoms with Crippen molar-refractivity contribution in [1.82, 2.24) is 14.5 Å². The first-order valence-electron chi connectivity index (χ1n) is 8.37. The Kier molecular flexibility index (Phi) is 7.59. The number of nitrogens with two attached hydrogens (primary N) is 1. The van der Waals surface area contributed by atoms with Crippen molar-refractivity contribution < 1.29 is 4.74 Å². The second kappa shape index (κ2) is 9.91. The van der Waals surface area contributed by atoms with Gasteiger partial charge in [0.2, 0.25) is 0 Å². The van der Waals surface area contributed by atoms with Gasteiger partial charge in [0.1, 0.15) is 17.9 Å². The summed E-state index contributed by atoms with van der Waals surface area (Å²) >= 11 is 0. The van der Waals surface area contributed by atoms with Gasteiger partial charge >= 0.3 is 0 Å². The third kappa shape index (κ3) is 6.24. The summed E-state index contributed by atoms with van der Waals surface area (Å²) in [5.74, 6) is 1.98. The van der Waals surface area contributed by atoms with Crippen LogP contribution in [-0.2, 0) is 6.54 Å². The lowest BCUT2D eigenvalue weighted by atomic mass is 10.3. The van der Waals surface area contributed by atoms with Gasteiger partial charge in [0.05, 0.1) is 12.6 Å². The monoisotopic (exact) mass is 478 g/mol. The third-order valence-electron chi connectivity index (χ3n) is 3.51. The van der Waals surface area contributed by atoms with E-state index in [1.807, 2.05) is 61.0 Å². The summed E-state index contributed by atoms with van der Waals surface area (Å²) in [6.07, 6.45) is 7.20. The van der Waals surface area contributed by atoms with Crippen LogP contribution >= 0.6 is 24.0 Å². The first kappa shape index (κ1) is 20.7. The Morgan fingerprint density at radius 2 is 2.00 bits per heavy atom. The molecule has 0 aliphatic rings. The quantitative estimate of drug-likeness (QED) is 0.321. The van der Waals surface area contributed by atoms with Crippen molar-refractivity contribution >= 4 is 35.6 Å². The zero-order chi connectivity index (χ0) is 18.4. The lowest BCUT2D eigenvalue weighted by molar-refractivity contribution is 0.242. The number of imidazole rings is 1. The van der Waals surface area contributed by atoms with Gasteiger partial charge in [-0.25, -0.2) is 15.0 Å². The summed E-state index contributed by atoms with van der Waals surface area (Å²) in [6.45, 7) is 4.44. The summed E-state index contributed by atoms with van der Waals surface area (Å²) < 4.78 is 7.46. The average Bonchev–Trinajstić information content (AvgIpc) is 3.16. The van der Waals surface area contributed by atoms with Crippen molar-refractivity contribution in [2.45, 2.75) is 26.5 Å². The van der Waals surface area contributed by atoms with Crippen molar-refractivity contribution in [1.29, 1.82) is 0 Å². The first-order chi connectivity index (χ1) is 12.6. The Balaban J connectivity index is 0.00000261. The van der Waals surface area contributed by atoms with E-state index in [9.17, 15) is 0 Å². The highest BCUT2D eigenvalue weighted by atomic mass is 127. The van der Waals surface area contributed by atoms with Crippen molar-refractivity contribution in [2.75, 3.05) is 5.32 Å². The predicted molar refractivity (Wildman–Crippen MR) is 118 cm³/mol. The zero-order valence-corrected chi connectivity index (χ0v) is 17.6. The average molecular weight is 478 g/mol. The standard InChI is InChI=1S/C19H22N6O.HI/c1-14(2)26-17-6-4-16(5-7-17)24-19(20)23-12-15-3-8-18(22-11-15)25-10-9-21-13-25;/h3-11,13-14H,12H2,1-2H3,(H3,20,23,24);1H. The van der Waals surface area contributed by atoms with E-state index in [0.29, 0.717) is 12.5 Å². The van der Waals surface area contributed by atoms with Crippen LogP contribution < -0.4 is 15.8 Å². The van der Waals surface area contributed by atoms with E-state index in [4.69, 9.17) is 10.5 Å². The molecule has 0 spiro atoms. The van der Waals surface area contributed by atoms with Crippen LogP contribution in [0.5, 0.6) is 5.75 Å². The Labute approximate surface area is 175 Å². The van der Waals surface area contributed by atoms with E-state index >= 15 is 0 Å². The van der Waals surface area contributed by atoms with E-state index in [1.54, 1.807) is 18.7 Å². The van der Waals surface area contributed by atoms with Gasteiger partial charge < -0.3 is 15.8 Å². The maximum Gasteiger partial charge on any atom is 0.193 e. The van der Waals surface area contributed by atoms with Gasteiger partial charge in [-0.05, 0) is 49.7 Å². The minimum atomic E-state index is 0. The number of ether oxygens (including phenoxy) is 1. The van der Waals surface area contributed by atoms with Crippen LogP contribution in [0.4, 0.5) is 5.69 Å². The normalized spacial score (nSPS) is 11.1. The Morgan fingerprint density at radius 1 is 1.22 bits per heavy atom. The van der Waals surface area contributed by atoms with Gasteiger partial charge in [-0.15, -0.1) is 24.0 Å². The number of rotatable bonds is 6. The molecule has 0 aliphatic carbocycles. The summed E-state index contributed by atoms with van der Waals surface area (Å²) in [5.41, 5.74) is 7.78. The topological polar surface area (TPSA) is 90.3 Å². The molecule has 0 bridgehead atoms. The molecule has 142 valence electrons. The number of benzene rings is 1. The highest BCUT2D eigenvalue weighted by Crippen LogP contribution is 2.16. The number of guanidine groups is 1. The molecule has 0 unspecified atom stereocenters. The summed E-state index contributed by atoms with van der Waals surface area (Å²) in [6, 6.07) is 11.5. The largest absolute Gasteiger partial charge is 0.491 e. The summed E-state index contributed by atoms with van der Waals surface area (Å²) in [4.78, 5) is 12.7. The molecule has 7 nitrogen and oxygen atoms in total. The third-order valence-corrected chi connectivity index (χ3v) is 3.51. The van der Waals surface area contributed by atoms with Crippen LogP contribution in [0, 0.1) is 0 Å². The van der Waals surface area contributed by atoms with Crippen molar-refractivity contribution in [2.24, 2.45) is 10.7 Å². The van der Waals surface area contributed by atoms with Gasteiger partial charge in [0.25, 0.3) is 0 Å². The van der Waals surface area contributed by atoms with Crippen molar-refractivity contribution in [3.63, 3.8) is 0 Å². The van der Waals surface area contributed by atoms with Crippen LogP contribution in [0.25, 0.3) is 5.82 Å². The Morgan fingerprint density at radius 3 is 2.59 bits per heavy atom. The summed E-state index contributed by atoms with van der Waals surface area (Å²) in [5, 5.41) is 3.07. The molecule has 0 fully saturated rings. The number of aliphatic imine (C=N–C) groups is 1.